The lowest BCUT2D eigenvalue weighted by molar-refractivity contribution is -0.139. The standard InChI is InChI=1S/C29H33BrFN3O4S/c1-5-21(3)32-29(36)22(4)33(18-23-11-13-25(31)14-12-23)28(35)19-34(26-8-6-7-24(30)17-26)39(37,38)27-15-9-20(2)10-16-27/h6-17,21-22H,5,18-19H2,1-4H3,(H,32,36)/t21-,22-/m1/s1. The molecular formula is C29H33BrFN3O4S. The van der Waals surface area contributed by atoms with E-state index in [0.717, 1.165) is 9.87 Å². The predicted octanol–water partition coefficient (Wildman–Crippen LogP) is 5.42. The molecule has 7 nitrogen and oxygen atoms in total. The van der Waals surface area contributed by atoms with Crippen LogP contribution in [0.1, 0.15) is 38.3 Å². The number of nitrogens with one attached hydrogen (secondary N) is 1. The van der Waals surface area contributed by atoms with E-state index in [1.165, 1.54) is 41.3 Å². The summed E-state index contributed by atoms with van der Waals surface area (Å²) in [7, 11) is -4.15. The van der Waals surface area contributed by atoms with Crippen molar-refractivity contribution in [2.75, 3.05) is 10.8 Å². The SMILES string of the molecule is CC[C@@H](C)NC(=O)[C@@H](C)N(Cc1ccc(F)cc1)C(=O)CN(c1cccc(Br)c1)S(=O)(=O)c1ccc(C)cc1. The number of halogens is 2. The second-order valence-corrected chi connectivity index (χ2v) is 12.2. The Morgan fingerprint density at radius 3 is 2.23 bits per heavy atom. The summed E-state index contributed by atoms with van der Waals surface area (Å²) >= 11 is 3.38. The fraction of sp³-hybridized carbons (Fsp3) is 0.310. The average molecular weight is 619 g/mol. The first kappa shape index (κ1) is 30.3. The van der Waals surface area contributed by atoms with Crippen LogP contribution >= 0.6 is 15.9 Å². The highest BCUT2D eigenvalue weighted by molar-refractivity contribution is 9.10. The van der Waals surface area contributed by atoms with Crippen LogP contribution in [0.2, 0.25) is 0 Å². The summed E-state index contributed by atoms with van der Waals surface area (Å²) in [6.07, 6.45) is 0.704. The molecule has 1 N–H and O–H groups in total. The molecule has 2 atom stereocenters. The number of hydrogen-bond acceptors (Lipinski definition) is 4. The molecule has 3 rings (SSSR count). The Kier molecular flexibility index (Phi) is 10.3. The van der Waals surface area contributed by atoms with Crippen LogP contribution < -0.4 is 9.62 Å². The quantitative estimate of drug-likeness (QED) is 0.311. The highest BCUT2D eigenvalue weighted by Gasteiger charge is 2.32. The number of benzene rings is 3. The average Bonchev–Trinajstić information content (AvgIpc) is 2.90. The number of hydrogen-bond donors (Lipinski definition) is 1. The highest BCUT2D eigenvalue weighted by Crippen LogP contribution is 2.27. The van der Waals surface area contributed by atoms with Gasteiger partial charge in [-0.1, -0.05) is 58.7 Å². The Bertz CT molecular complexity index is 1400. The van der Waals surface area contributed by atoms with E-state index in [2.05, 4.69) is 21.2 Å². The zero-order valence-electron chi connectivity index (χ0n) is 22.4. The van der Waals surface area contributed by atoms with Crippen LogP contribution in [0.25, 0.3) is 0 Å². The van der Waals surface area contributed by atoms with E-state index in [1.54, 1.807) is 43.3 Å². The van der Waals surface area contributed by atoms with Crippen LogP contribution in [0.3, 0.4) is 0 Å². The minimum atomic E-state index is -4.15. The normalized spacial score (nSPS) is 12.9. The molecule has 0 radical (unpaired) electrons. The van der Waals surface area contributed by atoms with Crippen LogP contribution in [-0.2, 0) is 26.2 Å². The summed E-state index contributed by atoms with van der Waals surface area (Å²) in [5, 5.41) is 2.88. The number of amides is 2. The summed E-state index contributed by atoms with van der Waals surface area (Å²) in [4.78, 5) is 28.3. The molecule has 208 valence electrons. The van der Waals surface area contributed by atoms with Gasteiger partial charge in [-0.05, 0) is 75.2 Å². The predicted molar refractivity (Wildman–Crippen MR) is 154 cm³/mol. The van der Waals surface area contributed by atoms with Crippen molar-refractivity contribution in [1.82, 2.24) is 10.2 Å². The molecule has 0 aliphatic rings. The van der Waals surface area contributed by atoms with Gasteiger partial charge in [0.1, 0.15) is 18.4 Å². The van der Waals surface area contributed by atoms with E-state index in [9.17, 15) is 22.4 Å². The molecule has 0 saturated heterocycles. The lowest BCUT2D eigenvalue weighted by Gasteiger charge is -2.32. The number of carbonyl (C=O) groups is 2. The highest BCUT2D eigenvalue weighted by atomic mass is 79.9. The molecule has 10 heteroatoms. The number of anilines is 1. The maximum absolute atomic E-state index is 13.9. The van der Waals surface area contributed by atoms with Crippen molar-refractivity contribution in [3.8, 4) is 0 Å². The summed E-state index contributed by atoms with van der Waals surface area (Å²) in [5.41, 5.74) is 1.78. The van der Waals surface area contributed by atoms with E-state index in [-0.39, 0.29) is 29.1 Å². The number of rotatable bonds is 11. The van der Waals surface area contributed by atoms with E-state index >= 15 is 0 Å². The maximum Gasteiger partial charge on any atom is 0.264 e. The van der Waals surface area contributed by atoms with Crippen LogP contribution in [0.4, 0.5) is 10.1 Å². The first-order valence-corrected chi connectivity index (χ1v) is 14.8. The minimum Gasteiger partial charge on any atom is -0.352 e. The van der Waals surface area contributed by atoms with E-state index < -0.39 is 34.3 Å². The smallest absolute Gasteiger partial charge is 0.264 e. The van der Waals surface area contributed by atoms with Crippen LogP contribution in [0.5, 0.6) is 0 Å². The Labute approximate surface area is 238 Å². The molecule has 0 aromatic heterocycles. The first-order valence-electron chi connectivity index (χ1n) is 12.6. The molecule has 0 saturated carbocycles. The first-order chi connectivity index (χ1) is 18.4. The summed E-state index contributed by atoms with van der Waals surface area (Å²) < 4.78 is 42.9. The lowest BCUT2D eigenvalue weighted by Crippen LogP contribution is -2.52. The van der Waals surface area contributed by atoms with Crippen LogP contribution in [0, 0.1) is 12.7 Å². The van der Waals surface area contributed by atoms with Gasteiger partial charge in [0.05, 0.1) is 10.6 Å². The van der Waals surface area contributed by atoms with Gasteiger partial charge in [0.25, 0.3) is 10.0 Å². The fourth-order valence-corrected chi connectivity index (χ4v) is 5.63. The van der Waals surface area contributed by atoms with Crippen molar-refractivity contribution in [2.24, 2.45) is 0 Å². The minimum absolute atomic E-state index is 0.00882. The number of aryl methyl sites for hydroxylation is 1. The van der Waals surface area contributed by atoms with Gasteiger partial charge in [-0.15, -0.1) is 0 Å². The van der Waals surface area contributed by atoms with Crippen molar-refractivity contribution in [3.05, 3.63) is 94.2 Å². The molecule has 0 heterocycles. The second kappa shape index (κ2) is 13.2. The van der Waals surface area contributed by atoms with Gasteiger partial charge < -0.3 is 10.2 Å². The van der Waals surface area contributed by atoms with Crippen molar-refractivity contribution in [1.29, 1.82) is 0 Å². The molecular weight excluding hydrogens is 585 g/mol. The van der Waals surface area contributed by atoms with Crippen molar-refractivity contribution in [2.45, 2.75) is 57.6 Å². The Hall–Kier alpha value is -3.24. The van der Waals surface area contributed by atoms with Gasteiger partial charge in [0.2, 0.25) is 11.8 Å². The van der Waals surface area contributed by atoms with E-state index in [0.29, 0.717) is 16.5 Å². The van der Waals surface area contributed by atoms with Gasteiger partial charge in [0.15, 0.2) is 0 Å². The molecule has 3 aromatic rings. The maximum atomic E-state index is 13.9. The number of carbonyl (C=O) groups excluding carboxylic acids is 2. The molecule has 0 aliphatic carbocycles. The molecule has 39 heavy (non-hydrogen) atoms. The Morgan fingerprint density at radius 2 is 1.64 bits per heavy atom. The van der Waals surface area contributed by atoms with Gasteiger partial charge >= 0.3 is 0 Å². The third-order valence-electron chi connectivity index (χ3n) is 6.42. The largest absolute Gasteiger partial charge is 0.352 e. The topological polar surface area (TPSA) is 86.8 Å². The zero-order chi connectivity index (χ0) is 28.7. The molecule has 0 bridgehead atoms. The second-order valence-electron chi connectivity index (χ2n) is 9.45. The zero-order valence-corrected chi connectivity index (χ0v) is 24.8. The molecule has 0 spiro atoms. The van der Waals surface area contributed by atoms with Gasteiger partial charge in [-0.3, -0.25) is 13.9 Å². The third-order valence-corrected chi connectivity index (χ3v) is 8.70. The molecule has 2 amide bonds. The van der Waals surface area contributed by atoms with Crippen molar-refractivity contribution < 1.29 is 22.4 Å². The van der Waals surface area contributed by atoms with Crippen LogP contribution in [-0.4, -0.2) is 43.8 Å². The summed E-state index contributed by atoms with van der Waals surface area (Å²) in [6.45, 7) is 6.69. The van der Waals surface area contributed by atoms with Crippen molar-refractivity contribution in [3.63, 3.8) is 0 Å². The summed E-state index contributed by atoms with van der Waals surface area (Å²) in [5.74, 6) is -1.37. The lowest BCUT2D eigenvalue weighted by atomic mass is 10.1. The molecule has 3 aromatic carbocycles. The fourth-order valence-electron chi connectivity index (χ4n) is 3.83. The van der Waals surface area contributed by atoms with Gasteiger partial charge in [-0.25, -0.2) is 12.8 Å². The van der Waals surface area contributed by atoms with Gasteiger partial charge in [0, 0.05) is 17.1 Å². The van der Waals surface area contributed by atoms with E-state index in [1.807, 2.05) is 20.8 Å². The number of nitrogens with zero attached hydrogens (tertiary/aromatic N) is 2. The monoisotopic (exact) mass is 617 g/mol. The Balaban J connectivity index is 2.02. The molecule has 0 unspecified atom stereocenters. The molecule has 0 aliphatic heterocycles. The van der Waals surface area contributed by atoms with Crippen molar-refractivity contribution >= 4 is 43.5 Å². The van der Waals surface area contributed by atoms with Crippen LogP contribution in [0.15, 0.2) is 82.2 Å². The molecule has 0 fully saturated rings. The third kappa shape index (κ3) is 7.89. The Morgan fingerprint density at radius 1 is 1.00 bits per heavy atom. The summed E-state index contributed by atoms with van der Waals surface area (Å²) in [6, 6.07) is 17.6. The number of sulfonamides is 1. The van der Waals surface area contributed by atoms with Gasteiger partial charge in [-0.2, -0.15) is 0 Å². The van der Waals surface area contributed by atoms with E-state index in [4.69, 9.17) is 0 Å².